The largest absolute Gasteiger partial charge is 0.318 e. The summed E-state index contributed by atoms with van der Waals surface area (Å²) in [6, 6.07) is 25.4. The van der Waals surface area contributed by atoms with E-state index in [4.69, 9.17) is 4.98 Å². The Morgan fingerprint density at radius 2 is 1.79 bits per heavy atom. The van der Waals surface area contributed by atoms with E-state index in [9.17, 15) is 9.59 Å². The molecule has 0 spiro atoms. The van der Waals surface area contributed by atoms with Gasteiger partial charge in [0.15, 0.2) is 0 Å². The molecule has 166 valence electrons. The first kappa shape index (κ1) is 20.9. The molecule has 0 radical (unpaired) electrons. The number of para-hydroxylation sites is 3. The number of imidazole rings is 1. The van der Waals surface area contributed by atoms with Gasteiger partial charge in [-0.05, 0) is 48.9 Å². The Labute approximate surface area is 193 Å². The number of hydrogen-bond acceptors (Lipinski definition) is 3. The lowest BCUT2D eigenvalue weighted by Crippen LogP contribution is -2.31. The number of carbonyl (C=O) groups is 2. The molecule has 1 aliphatic rings. The zero-order chi connectivity index (χ0) is 22.9. The topological polar surface area (TPSA) is 58.4 Å². The SMILES string of the molecule is Cc1cccc(N2C[C@H](c3nc4ccccc4n3CC(=O)N(C)c3ccccc3)CC2=O)c1. The van der Waals surface area contributed by atoms with Crippen LogP contribution in [0.15, 0.2) is 78.9 Å². The number of aromatic nitrogens is 2. The lowest BCUT2D eigenvalue weighted by Gasteiger charge is -2.20. The van der Waals surface area contributed by atoms with Crippen molar-refractivity contribution in [2.45, 2.75) is 25.8 Å². The maximum Gasteiger partial charge on any atom is 0.246 e. The molecular weight excluding hydrogens is 412 g/mol. The van der Waals surface area contributed by atoms with E-state index in [0.29, 0.717) is 13.0 Å². The number of rotatable bonds is 5. The third kappa shape index (κ3) is 4.00. The van der Waals surface area contributed by atoms with Crippen molar-refractivity contribution in [2.24, 2.45) is 0 Å². The maximum absolute atomic E-state index is 13.2. The normalized spacial score (nSPS) is 15.9. The average Bonchev–Trinajstić information content (AvgIpc) is 3.39. The monoisotopic (exact) mass is 438 g/mol. The molecule has 1 atom stereocenters. The Morgan fingerprint density at radius 1 is 1.03 bits per heavy atom. The summed E-state index contributed by atoms with van der Waals surface area (Å²) in [4.78, 5) is 34.5. The van der Waals surface area contributed by atoms with Crippen molar-refractivity contribution >= 4 is 34.2 Å². The first-order valence-corrected chi connectivity index (χ1v) is 11.1. The lowest BCUT2D eigenvalue weighted by atomic mass is 10.1. The van der Waals surface area contributed by atoms with Crippen molar-refractivity contribution in [2.75, 3.05) is 23.4 Å². The predicted molar refractivity (Wildman–Crippen MR) is 130 cm³/mol. The van der Waals surface area contributed by atoms with Gasteiger partial charge >= 0.3 is 0 Å². The third-order valence-electron chi connectivity index (χ3n) is 6.30. The molecule has 2 amide bonds. The van der Waals surface area contributed by atoms with Gasteiger partial charge < -0.3 is 14.4 Å². The smallest absolute Gasteiger partial charge is 0.246 e. The van der Waals surface area contributed by atoms with Gasteiger partial charge in [0.05, 0.1) is 11.0 Å². The molecule has 0 bridgehead atoms. The van der Waals surface area contributed by atoms with Crippen LogP contribution in [0.4, 0.5) is 11.4 Å². The molecule has 1 saturated heterocycles. The minimum atomic E-state index is -0.0831. The summed E-state index contributed by atoms with van der Waals surface area (Å²) in [5.41, 5.74) is 4.61. The van der Waals surface area contributed by atoms with Gasteiger partial charge in [-0.25, -0.2) is 4.98 Å². The van der Waals surface area contributed by atoms with Crippen molar-refractivity contribution in [3.8, 4) is 0 Å². The molecule has 3 aromatic carbocycles. The fourth-order valence-electron chi connectivity index (χ4n) is 4.53. The highest BCUT2D eigenvalue weighted by Gasteiger charge is 2.35. The van der Waals surface area contributed by atoms with Crippen LogP contribution in [0.2, 0.25) is 0 Å². The summed E-state index contributed by atoms with van der Waals surface area (Å²) in [5.74, 6) is 0.747. The molecule has 0 N–H and O–H groups in total. The highest BCUT2D eigenvalue weighted by atomic mass is 16.2. The summed E-state index contributed by atoms with van der Waals surface area (Å²) < 4.78 is 1.98. The van der Waals surface area contributed by atoms with Crippen LogP contribution in [0.5, 0.6) is 0 Å². The van der Waals surface area contributed by atoms with E-state index in [-0.39, 0.29) is 24.3 Å². The molecular formula is C27H26N4O2. The standard InChI is InChI=1S/C27H26N4O2/c1-19-9-8-12-22(15-19)30-17-20(16-25(30)32)27-28-23-13-6-7-14-24(23)31(27)18-26(33)29(2)21-10-4-3-5-11-21/h3-15,20H,16-18H2,1-2H3/t20-/m1/s1. The quantitative estimate of drug-likeness (QED) is 0.460. The van der Waals surface area contributed by atoms with Crippen LogP contribution in [-0.4, -0.2) is 35.0 Å². The number of carbonyl (C=O) groups excluding carboxylic acids is 2. The van der Waals surface area contributed by atoms with Crippen molar-refractivity contribution in [1.29, 1.82) is 0 Å². The molecule has 0 saturated carbocycles. The molecule has 6 nitrogen and oxygen atoms in total. The van der Waals surface area contributed by atoms with Crippen LogP contribution < -0.4 is 9.80 Å². The summed E-state index contributed by atoms with van der Waals surface area (Å²) in [6.07, 6.45) is 0.375. The fraction of sp³-hybridized carbons (Fsp3) is 0.222. The second-order valence-electron chi connectivity index (χ2n) is 8.58. The van der Waals surface area contributed by atoms with Crippen LogP contribution in [0, 0.1) is 6.92 Å². The van der Waals surface area contributed by atoms with Crippen molar-refractivity contribution in [3.63, 3.8) is 0 Å². The van der Waals surface area contributed by atoms with Gasteiger partial charge in [0, 0.05) is 37.3 Å². The highest BCUT2D eigenvalue weighted by Crippen LogP contribution is 2.33. The van der Waals surface area contributed by atoms with E-state index in [0.717, 1.165) is 33.8 Å². The predicted octanol–water partition coefficient (Wildman–Crippen LogP) is 4.53. The van der Waals surface area contributed by atoms with Crippen LogP contribution in [-0.2, 0) is 16.1 Å². The Morgan fingerprint density at radius 3 is 2.58 bits per heavy atom. The number of benzene rings is 3. The molecule has 2 heterocycles. The van der Waals surface area contributed by atoms with E-state index in [1.807, 2.05) is 95.3 Å². The average molecular weight is 439 g/mol. The zero-order valence-electron chi connectivity index (χ0n) is 18.8. The van der Waals surface area contributed by atoms with E-state index in [2.05, 4.69) is 0 Å². The Bertz CT molecular complexity index is 1330. The summed E-state index contributed by atoms with van der Waals surface area (Å²) >= 11 is 0. The Kier molecular flexibility index (Phi) is 5.42. The lowest BCUT2D eigenvalue weighted by molar-refractivity contribution is -0.119. The van der Waals surface area contributed by atoms with Gasteiger partial charge in [0.2, 0.25) is 11.8 Å². The van der Waals surface area contributed by atoms with Gasteiger partial charge in [-0.3, -0.25) is 9.59 Å². The highest BCUT2D eigenvalue weighted by molar-refractivity contribution is 5.97. The number of anilines is 2. The van der Waals surface area contributed by atoms with Gasteiger partial charge in [-0.15, -0.1) is 0 Å². The second kappa shape index (κ2) is 8.54. The minimum absolute atomic E-state index is 0.0366. The number of hydrogen-bond donors (Lipinski definition) is 0. The Balaban J connectivity index is 1.47. The molecule has 1 aromatic heterocycles. The number of likely N-dealkylation sites (N-methyl/N-ethyl adjacent to an activating group) is 1. The molecule has 0 unspecified atom stereocenters. The second-order valence-corrected chi connectivity index (χ2v) is 8.58. The van der Waals surface area contributed by atoms with Gasteiger partial charge in [-0.1, -0.05) is 42.5 Å². The summed E-state index contributed by atoms with van der Waals surface area (Å²) in [6.45, 7) is 2.74. The van der Waals surface area contributed by atoms with Crippen LogP contribution in [0.1, 0.15) is 23.7 Å². The first-order valence-electron chi connectivity index (χ1n) is 11.1. The van der Waals surface area contributed by atoms with E-state index in [1.54, 1.807) is 11.9 Å². The molecule has 6 heteroatoms. The third-order valence-corrected chi connectivity index (χ3v) is 6.30. The van der Waals surface area contributed by atoms with Crippen LogP contribution >= 0.6 is 0 Å². The van der Waals surface area contributed by atoms with Crippen molar-refractivity contribution < 1.29 is 9.59 Å². The molecule has 0 aliphatic carbocycles. The van der Waals surface area contributed by atoms with E-state index < -0.39 is 0 Å². The van der Waals surface area contributed by atoms with Gasteiger partial charge in [0.25, 0.3) is 0 Å². The van der Waals surface area contributed by atoms with Crippen molar-refractivity contribution in [3.05, 3.63) is 90.3 Å². The van der Waals surface area contributed by atoms with E-state index >= 15 is 0 Å². The molecule has 1 aliphatic heterocycles. The molecule has 4 aromatic rings. The fourth-order valence-corrected chi connectivity index (χ4v) is 4.53. The molecule has 5 rings (SSSR count). The van der Waals surface area contributed by atoms with Gasteiger partial charge in [-0.2, -0.15) is 0 Å². The molecule has 33 heavy (non-hydrogen) atoms. The number of amides is 2. The van der Waals surface area contributed by atoms with E-state index in [1.165, 1.54) is 0 Å². The number of nitrogens with zero attached hydrogens (tertiary/aromatic N) is 4. The van der Waals surface area contributed by atoms with Crippen LogP contribution in [0.3, 0.4) is 0 Å². The zero-order valence-corrected chi connectivity index (χ0v) is 18.8. The maximum atomic E-state index is 13.2. The van der Waals surface area contributed by atoms with Crippen molar-refractivity contribution in [1.82, 2.24) is 9.55 Å². The number of aryl methyl sites for hydroxylation is 1. The van der Waals surface area contributed by atoms with Gasteiger partial charge in [0.1, 0.15) is 12.4 Å². The first-order chi connectivity index (χ1) is 16.0. The van der Waals surface area contributed by atoms with Crippen LogP contribution in [0.25, 0.3) is 11.0 Å². The number of fused-ring (bicyclic) bond motifs is 1. The molecule has 1 fully saturated rings. The summed E-state index contributed by atoms with van der Waals surface area (Å²) in [5, 5.41) is 0. The summed E-state index contributed by atoms with van der Waals surface area (Å²) in [7, 11) is 1.79. The Hall–Kier alpha value is -3.93. The minimum Gasteiger partial charge on any atom is -0.318 e.